The number of ether oxygens (including phenoxy) is 1. The van der Waals surface area contributed by atoms with Gasteiger partial charge in [0.2, 0.25) is 0 Å². The van der Waals surface area contributed by atoms with Crippen LogP contribution in [0.25, 0.3) is 0 Å². The third-order valence-electron chi connectivity index (χ3n) is 2.03. The van der Waals surface area contributed by atoms with E-state index in [9.17, 15) is 9.32 Å². The Bertz CT molecular complexity index is 166. The molecular weight excluding hydrogens is 202 g/mol. The molecule has 0 heterocycles. The van der Waals surface area contributed by atoms with Gasteiger partial charge >= 0.3 is 0 Å². The van der Waals surface area contributed by atoms with E-state index in [1.54, 1.807) is 13.4 Å². The molecule has 0 fully saturated rings. The quantitative estimate of drug-likeness (QED) is 0.557. The number of nitrogens with one attached hydrogen (secondary N) is 1. The SMILES string of the molecule is COCC(O)CNCCC(C)S(C)=O. The topological polar surface area (TPSA) is 58.6 Å². The highest BCUT2D eigenvalue weighted by Gasteiger charge is 2.06. The van der Waals surface area contributed by atoms with Crippen LogP contribution in [0.1, 0.15) is 13.3 Å². The number of rotatable bonds is 8. The summed E-state index contributed by atoms with van der Waals surface area (Å²) in [4.78, 5) is 0. The van der Waals surface area contributed by atoms with E-state index in [4.69, 9.17) is 4.74 Å². The molecule has 0 aromatic heterocycles. The van der Waals surface area contributed by atoms with Crippen LogP contribution in [0.5, 0.6) is 0 Å². The lowest BCUT2D eigenvalue weighted by Gasteiger charge is -2.12. The largest absolute Gasteiger partial charge is 0.389 e. The molecule has 0 rings (SSSR count). The van der Waals surface area contributed by atoms with Crippen molar-refractivity contribution in [2.24, 2.45) is 0 Å². The van der Waals surface area contributed by atoms with Crippen molar-refractivity contribution in [2.75, 3.05) is 33.1 Å². The monoisotopic (exact) mass is 223 g/mol. The van der Waals surface area contributed by atoms with E-state index < -0.39 is 16.9 Å². The van der Waals surface area contributed by atoms with Gasteiger partial charge in [0.05, 0.1) is 12.7 Å². The molecule has 0 radical (unpaired) electrons. The molecule has 0 spiro atoms. The summed E-state index contributed by atoms with van der Waals surface area (Å²) in [6, 6.07) is 0. The Balaban J connectivity index is 3.33. The van der Waals surface area contributed by atoms with Crippen molar-refractivity contribution >= 4 is 10.8 Å². The lowest BCUT2D eigenvalue weighted by molar-refractivity contribution is 0.0647. The standard InChI is InChI=1S/C9H21NO3S/c1-8(14(3)12)4-5-10-6-9(11)7-13-2/h8-11H,4-7H2,1-3H3. The Kier molecular flexibility index (Phi) is 8.37. The average Bonchev–Trinajstić information content (AvgIpc) is 2.12. The molecule has 5 heteroatoms. The second-order valence-electron chi connectivity index (χ2n) is 3.41. The minimum absolute atomic E-state index is 0.210. The molecule has 86 valence electrons. The first kappa shape index (κ1) is 14.0. The molecule has 0 aliphatic rings. The van der Waals surface area contributed by atoms with Crippen molar-refractivity contribution in [1.82, 2.24) is 5.32 Å². The van der Waals surface area contributed by atoms with Crippen LogP contribution in [-0.2, 0) is 15.5 Å². The second-order valence-corrected chi connectivity index (χ2v) is 5.21. The zero-order valence-electron chi connectivity index (χ0n) is 9.16. The van der Waals surface area contributed by atoms with Gasteiger partial charge in [0, 0.05) is 36.0 Å². The van der Waals surface area contributed by atoms with Crippen LogP contribution in [0.3, 0.4) is 0 Å². The van der Waals surface area contributed by atoms with Crippen molar-refractivity contribution in [1.29, 1.82) is 0 Å². The van der Waals surface area contributed by atoms with E-state index in [1.807, 2.05) is 6.92 Å². The van der Waals surface area contributed by atoms with Crippen LogP contribution < -0.4 is 5.32 Å². The van der Waals surface area contributed by atoms with Gasteiger partial charge < -0.3 is 15.2 Å². The zero-order chi connectivity index (χ0) is 11.0. The Morgan fingerprint density at radius 2 is 2.21 bits per heavy atom. The lowest BCUT2D eigenvalue weighted by atomic mass is 10.3. The van der Waals surface area contributed by atoms with Gasteiger partial charge in [0.25, 0.3) is 0 Å². The van der Waals surface area contributed by atoms with Crippen molar-refractivity contribution in [3.8, 4) is 0 Å². The number of hydrogen-bond acceptors (Lipinski definition) is 4. The fourth-order valence-electron chi connectivity index (χ4n) is 0.991. The Morgan fingerprint density at radius 3 is 2.71 bits per heavy atom. The van der Waals surface area contributed by atoms with Gasteiger partial charge in [-0.25, -0.2) is 0 Å². The molecule has 0 bridgehead atoms. The lowest BCUT2D eigenvalue weighted by Crippen LogP contribution is -2.32. The van der Waals surface area contributed by atoms with E-state index in [-0.39, 0.29) is 5.25 Å². The van der Waals surface area contributed by atoms with E-state index in [0.29, 0.717) is 13.2 Å². The predicted octanol–water partition coefficient (Wildman–Crippen LogP) is -0.260. The van der Waals surface area contributed by atoms with Crippen LogP contribution in [-0.4, -0.2) is 53.7 Å². The van der Waals surface area contributed by atoms with Crippen LogP contribution in [0, 0.1) is 0 Å². The summed E-state index contributed by atoms with van der Waals surface area (Å²) in [7, 11) is 0.806. The van der Waals surface area contributed by atoms with Crippen molar-refractivity contribution in [3.05, 3.63) is 0 Å². The Morgan fingerprint density at radius 1 is 1.57 bits per heavy atom. The minimum atomic E-state index is -0.755. The van der Waals surface area contributed by atoms with Crippen LogP contribution in [0.15, 0.2) is 0 Å². The van der Waals surface area contributed by atoms with Gasteiger partial charge in [-0.3, -0.25) is 4.21 Å². The normalized spacial score (nSPS) is 17.7. The molecule has 0 aromatic carbocycles. The summed E-state index contributed by atoms with van der Waals surface area (Å²) in [5, 5.41) is 12.6. The summed E-state index contributed by atoms with van der Waals surface area (Å²) >= 11 is 0. The van der Waals surface area contributed by atoms with Gasteiger partial charge in [-0.1, -0.05) is 6.92 Å². The Labute approximate surface area is 88.5 Å². The summed E-state index contributed by atoms with van der Waals surface area (Å²) in [6.07, 6.45) is 2.12. The molecule has 0 saturated heterocycles. The van der Waals surface area contributed by atoms with Gasteiger partial charge in [-0.05, 0) is 13.0 Å². The number of aliphatic hydroxyl groups excluding tert-OH is 1. The molecule has 3 unspecified atom stereocenters. The zero-order valence-corrected chi connectivity index (χ0v) is 9.97. The van der Waals surface area contributed by atoms with E-state index in [1.165, 1.54) is 0 Å². The summed E-state index contributed by atoms with van der Waals surface area (Å²) in [5.74, 6) is 0. The van der Waals surface area contributed by atoms with E-state index in [0.717, 1.165) is 13.0 Å². The maximum absolute atomic E-state index is 11.0. The highest BCUT2D eigenvalue weighted by molar-refractivity contribution is 7.84. The molecule has 3 atom stereocenters. The molecule has 2 N–H and O–H groups in total. The Hall–Kier alpha value is 0.0300. The smallest absolute Gasteiger partial charge is 0.0897 e. The summed E-state index contributed by atoms with van der Waals surface area (Å²) in [5.41, 5.74) is 0. The minimum Gasteiger partial charge on any atom is -0.389 e. The molecule has 4 nitrogen and oxygen atoms in total. The molecule has 14 heavy (non-hydrogen) atoms. The van der Waals surface area contributed by atoms with E-state index in [2.05, 4.69) is 5.32 Å². The first-order valence-electron chi connectivity index (χ1n) is 4.77. The maximum atomic E-state index is 11.0. The number of hydrogen-bond donors (Lipinski definition) is 2. The highest BCUT2D eigenvalue weighted by atomic mass is 32.2. The van der Waals surface area contributed by atoms with Gasteiger partial charge in [-0.2, -0.15) is 0 Å². The number of methoxy groups -OCH3 is 1. The summed E-state index contributed by atoms with van der Waals surface area (Å²) < 4.78 is 15.8. The fourth-order valence-corrected chi connectivity index (χ4v) is 1.44. The molecule has 0 aliphatic heterocycles. The third kappa shape index (κ3) is 7.44. The molecule has 0 saturated carbocycles. The predicted molar refractivity (Wildman–Crippen MR) is 58.9 cm³/mol. The van der Waals surface area contributed by atoms with Crippen molar-refractivity contribution in [3.63, 3.8) is 0 Å². The number of aliphatic hydroxyl groups is 1. The fraction of sp³-hybridized carbons (Fsp3) is 1.00. The van der Waals surface area contributed by atoms with Gasteiger partial charge in [0.15, 0.2) is 0 Å². The molecular formula is C9H21NO3S. The highest BCUT2D eigenvalue weighted by Crippen LogP contribution is 1.97. The van der Waals surface area contributed by atoms with Crippen LogP contribution >= 0.6 is 0 Å². The average molecular weight is 223 g/mol. The first-order chi connectivity index (χ1) is 6.57. The van der Waals surface area contributed by atoms with E-state index >= 15 is 0 Å². The van der Waals surface area contributed by atoms with Crippen LogP contribution in [0.4, 0.5) is 0 Å². The second kappa shape index (κ2) is 8.35. The summed E-state index contributed by atoms with van der Waals surface area (Å²) in [6.45, 7) is 3.62. The third-order valence-corrected chi connectivity index (χ3v) is 3.40. The van der Waals surface area contributed by atoms with Crippen molar-refractivity contribution < 1.29 is 14.1 Å². The van der Waals surface area contributed by atoms with Gasteiger partial charge in [-0.15, -0.1) is 0 Å². The molecule has 0 aliphatic carbocycles. The van der Waals surface area contributed by atoms with Crippen molar-refractivity contribution in [2.45, 2.75) is 24.7 Å². The van der Waals surface area contributed by atoms with Crippen LogP contribution in [0.2, 0.25) is 0 Å². The molecule has 0 aromatic rings. The maximum Gasteiger partial charge on any atom is 0.0897 e. The first-order valence-corrected chi connectivity index (χ1v) is 6.40. The van der Waals surface area contributed by atoms with Gasteiger partial charge in [0.1, 0.15) is 0 Å². The molecule has 0 amide bonds.